The van der Waals surface area contributed by atoms with Crippen molar-refractivity contribution in [3.63, 3.8) is 0 Å². The van der Waals surface area contributed by atoms with Crippen molar-refractivity contribution < 1.29 is 9.53 Å². The van der Waals surface area contributed by atoms with Crippen LogP contribution >= 0.6 is 0 Å². The van der Waals surface area contributed by atoms with E-state index in [1.54, 1.807) is 0 Å². The van der Waals surface area contributed by atoms with Gasteiger partial charge in [-0.05, 0) is 37.0 Å². The molecule has 1 rings (SSSR count). The molecule has 0 aliphatic heterocycles. The summed E-state index contributed by atoms with van der Waals surface area (Å²) in [6.07, 6.45) is 3.72. The van der Waals surface area contributed by atoms with Gasteiger partial charge in [0.25, 0.3) is 0 Å². The Hall–Kier alpha value is -0.570. The number of carbonyl (C=O) groups is 1. The van der Waals surface area contributed by atoms with Crippen molar-refractivity contribution in [2.45, 2.75) is 65.5 Å². The second-order valence-corrected chi connectivity index (χ2v) is 6.14. The molecular weight excluding hydrogens is 214 g/mol. The molecule has 1 aliphatic carbocycles. The third-order valence-corrected chi connectivity index (χ3v) is 3.69. The predicted molar refractivity (Wildman–Crippen MR) is 69.5 cm³/mol. The largest absolute Gasteiger partial charge is 0.462 e. The first-order valence-corrected chi connectivity index (χ1v) is 6.83. The molecule has 0 heterocycles. The molecule has 1 fully saturated rings. The molecule has 0 aromatic rings. The second kappa shape index (κ2) is 6.39. The van der Waals surface area contributed by atoms with E-state index in [-0.39, 0.29) is 18.1 Å². The molecular formula is C14H27NO2. The van der Waals surface area contributed by atoms with Gasteiger partial charge < -0.3 is 10.5 Å². The molecule has 3 nitrogen and oxygen atoms in total. The Balaban J connectivity index is 2.35. The smallest absolute Gasteiger partial charge is 0.307 e. The lowest BCUT2D eigenvalue weighted by molar-refractivity contribution is -0.152. The van der Waals surface area contributed by atoms with E-state index in [1.807, 2.05) is 13.8 Å². The Morgan fingerprint density at radius 2 is 1.76 bits per heavy atom. The Morgan fingerprint density at radius 3 is 2.24 bits per heavy atom. The van der Waals surface area contributed by atoms with Crippen molar-refractivity contribution in [1.82, 2.24) is 0 Å². The third kappa shape index (κ3) is 5.07. The van der Waals surface area contributed by atoms with Crippen LogP contribution in [0, 0.1) is 17.8 Å². The highest BCUT2D eigenvalue weighted by molar-refractivity contribution is 5.70. The molecule has 3 atom stereocenters. The summed E-state index contributed by atoms with van der Waals surface area (Å²) in [7, 11) is 0. The number of rotatable bonds is 4. The van der Waals surface area contributed by atoms with Crippen LogP contribution in [0.15, 0.2) is 0 Å². The number of nitrogens with two attached hydrogens (primary N) is 1. The first-order chi connectivity index (χ1) is 7.88. The number of esters is 1. The van der Waals surface area contributed by atoms with Crippen LogP contribution in [0.25, 0.3) is 0 Å². The number of carbonyl (C=O) groups excluding carboxylic acids is 1. The summed E-state index contributed by atoms with van der Waals surface area (Å²) in [6, 6.07) is -0.0825. The second-order valence-electron chi connectivity index (χ2n) is 6.14. The molecule has 0 amide bonds. The molecule has 0 aromatic heterocycles. The quantitative estimate of drug-likeness (QED) is 0.770. The highest BCUT2D eigenvalue weighted by atomic mass is 16.5. The molecule has 0 aromatic carbocycles. The van der Waals surface area contributed by atoms with E-state index in [9.17, 15) is 4.79 Å². The molecule has 0 saturated heterocycles. The fraction of sp³-hybridized carbons (Fsp3) is 0.929. The van der Waals surface area contributed by atoms with E-state index in [4.69, 9.17) is 10.5 Å². The van der Waals surface area contributed by atoms with Crippen LogP contribution in [-0.2, 0) is 9.53 Å². The molecule has 1 aliphatic rings. The Labute approximate surface area is 105 Å². The highest BCUT2D eigenvalue weighted by Gasteiger charge is 2.27. The van der Waals surface area contributed by atoms with Crippen LogP contribution in [0.1, 0.15) is 53.4 Å². The van der Waals surface area contributed by atoms with Gasteiger partial charge >= 0.3 is 5.97 Å². The first-order valence-electron chi connectivity index (χ1n) is 6.83. The van der Waals surface area contributed by atoms with Gasteiger partial charge in [-0.3, -0.25) is 4.79 Å². The van der Waals surface area contributed by atoms with Crippen molar-refractivity contribution in [1.29, 1.82) is 0 Å². The standard InChI is InChI=1S/C14H27NO2/c1-9(2)13(15)8-14(16)17-12-6-10(3)5-11(4)7-12/h9-13H,5-8,15H2,1-4H3. The van der Waals surface area contributed by atoms with Crippen LogP contribution in [0.4, 0.5) is 0 Å². The van der Waals surface area contributed by atoms with Crippen LogP contribution in [0.5, 0.6) is 0 Å². The predicted octanol–water partition coefficient (Wildman–Crippen LogP) is 2.73. The zero-order valence-corrected chi connectivity index (χ0v) is 11.6. The maximum Gasteiger partial charge on any atom is 0.307 e. The molecule has 3 unspecified atom stereocenters. The van der Waals surface area contributed by atoms with Gasteiger partial charge in [0, 0.05) is 6.04 Å². The number of hydrogen-bond acceptors (Lipinski definition) is 3. The van der Waals surface area contributed by atoms with E-state index in [0.29, 0.717) is 24.2 Å². The van der Waals surface area contributed by atoms with Gasteiger partial charge in [-0.1, -0.05) is 27.7 Å². The zero-order chi connectivity index (χ0) is 13.0. The van der Waals surface area contributed by atoms with E-state index in [1.165, 1.54) is 6.42 Å². The van der Waals surface area contributed by atoms with E-state index in [0.717, 1.165) is 12.8 Å². The summed E-state index contributed by atoms with van der Waals surface area (Å²) in [5.74, 6) is 1.52. The van der Waals surface area contributed by atoms with Gasteiger partial charge in [0.05, 0.1) is 6.42 Å². The minimum Gasteiger partial charge on any atom is -0.462 e. The van der Waals surface area contributed by atoms with Crippen molar-refractivity contribution in [3.8, 4) is 0 Å². The van der Waals surface area contributed by atoms with E-state index in [2.05, 4.69) is 13.8 Å². The Kier molecular flexibility index (Phi) is 5.44. The van der Waals surface area contributed by atoms with Crippen LogP contribution in [0.2, 0.25) is 0 Å². The van der Waals surface area contributed by atoms with Crippen molar-refractivity contribution in [2.24, 2.45) is 23.5 Å². The first kappa shape index (κ1) is 14.5. The van der Waals surface area contributed by atoms with Crippen LogP contribution in [-0.4, -0.2) is 18.1 Å². The summed E-state index contributed by atoms with van der Waals surface area (Å²) in [4.78, 5) is 11.7. The maximum absolute atomic E-state index is 11.7. The van der Waals surface area contributed by atoms with E-state index < -0.39 is 0 Å². The Morgan fingerprint density at radius 1 is 1.24 bits per heavy atom. The Bertz CT molecular complexity index is 243. The van der Waals surface area contributed by atoms with Gasteiger partial charge in [0.1, 0.15) is 6.10 Å². The van der Waals surface area contributed by atoms with Crippen LogP contribution < -0.4 is 5.73 Å². The minimum atomic E-state index is -0.127. The topological polar surface area (TPSA) is 52.3 Å². The fourth-order valence-electron chi connectivity index (χ4n) is 2.63. The van der Waals surface area contributed by atoms with Gasteiger partial charge in [-0.25, -0.2) is 0 Å². The normalized spacial score (nSPS) is 31.3. The molecule has 2 N–H and O–H groups in total. The molecule has 0 radical (unpaired) electrons. The fourth-order valence-corrected chi connectivity index (χ4v) is 2.63. The lowest BCUT2D eigenvalue weighted by Gasteiger charge is -2.31. The summed E-state index contributed by atoms with van der Waals surface area (Å²) in [6.45, 7) is 8.53. The SMILES string of the molecule is CC1CC(C)CC(OC(=O)CC(N)C(C)C)C1. The zero-order valence-electron chi connectivity index (χ0n) is 11.6. The highest BCUT2D eigenvalue weighted by Crippen LogP contribution is 2.30. The van der Waals surface area contributed by atoms with Crippen molar-refractivity contribution >= 4 is 5.97 Å². The van der Waals surface area contributed by atoms with Crippen molar-refractivity contribution in [3.05, 3.63) is 0 Å². The molecule has 0 spiro atoms. The minimum absolute atomic E-state index is 0.0825. The summed E-state index contributed by atoms with van der Waals surface area (Å²) in [5.41, 5.74) is 5.88. The molecule has 1 saturated carbocycles. The van der Waals surface area contributed by atoms with Crippen molar-refractivity contribution in [2.75, 3.05) is 0 Å². The van der Waals surface area contributed by atoms with E-state index >= 15 is 0 Å². The van der Waals surface area contributed by atoms with Gasteiger partial charge in [-0.2, -0.15) is 0 Å². The lowest BCUT2D eigenvalue weighted by atomic mass is 9.82. The summed E-state index contributed by atoms with van der Waals surface area (Å²) >= 11 is 0. The van der Waals surface area contributed by atoms with Gasteiger partial charge in [0.15, 0.2) is 0 Å². The molecule has 0 bridgehead atoms. The summed E-state index contributed by atoms with van der Waals surface area (Å²) < 4.78 is 5.53. The summed E-state index contributed by atoms with van der Waals surface area (Å²) in [5, 5.41) is 0. The average molecular weight is 241 g/mol. The monoisotopic (exact) mass is 241 g/mol. The maximum atomic E-state index is 11.7. The molecule has 17 heavy (non-hydrogen) atoms. The molecule has 3 heteroatoms. The third-order valence-electron chi connectivity index (χ3n) is 3.69. The van der Waals surface area contributed by atoms with Crippen LogP contribution in [0.3, 0.4) is 0 Å². The number of ether oxygens (including phenoxy) is 1. The van der Waals surface area contributed by atoms with Gasteiger partial charge in [-0.15, -0.1) is 0 Å². The average Bonchev–Trinajstić information content (AvgIpc) is 2.14. The molecule has 100 valence electrons. The van der Waals surface area contributed by atoms with Gasteiger partial charge in [0.2, 0.25) is 0 Å². The number of hydrogen-bond donors (Lipinski definition) is 1. The lowest BCUT2D eigenvalue weighted by Crippen LogP contribution is -2.33.